The van der Waals surface area contributed by atoms with Gasteiger partial charge in [-0.25, -0.2) is 8.42 Å². The van der Waals surface area contributed by atoms with Gasteiger partial charge in [-0.05, 0) is 66.1 Å². The van der Waals surface area contributed by atoms with Crippen LogP contribution in [0.4, 0.5) is 0 Å². The molecule has 0 fully saturated rings. The first-order valence-electron chi connectivity index (χ1n) is 12.7. The molecule has 0 aliphatic heterocycles. The molecule has 43 heavy (non-hydrogen) atoms. The predicted molar refractivity (Wildman–Crippen MR) is 156 cm³/mol. The number of hydrogen-bond donors (Lipinski definition) is 0. The maximum atomic E-state index is 11.5. The van der Waals surface area contributed by atoms with Crippen LogP contribution in [-0.2, 0) is 28.5 Å². The van der Waals surface area contributed by atoms with Gasteiger partial charge in [0.1, 0.15) is 10.1 Å². The molecule has 2 aromatic heterocycles. The van der Waals surface area contributed by atoms with E-state index in [1.807, 2.05) is 68.9 Å². The Morgan fingerprint density at radius 2 is 1.60 bits per heavy atom. The number of hydrogen-bond acceptors (Lipinski definition) is 9. The number of fused-ring (bicyclic) bond motifs is 2. The number of carbonyl (C=O) groups is 1. The molecule has 0 saturated heterocycles. The summed E-state index contributed by atoms with van der Waals surface area (Å²) < 4.78 is 39.9. The van der Waals surface area contributed by atoms with Gasteiger partial charge in [-0.1, -0.05) is 72.9 Å². The van der Waals surface area contributed by atoms with Gasteiger partial charge in [-0.15, -0.1) is 10.2 Å². The van der Waals surface area contributed by atoms with Crippen LogP contribution in [0.2, 0.25) is 0 Å². The quantitative estimate of drug-likeness (QED) is 0.0990. The molecule has 2 radical (unpaired) electrons. The fourth-order valence-corrected chi connectivity index (χ4v) is 7.10. The van der Waals surface area contributed by atoms with E-state index in [-0.39, 0.29) is 69.9 Å². The molecule has 0 amide bonds. The molecule has 0 spiro atoms. The van der Waals surface area contributed by atoms with Gasteiger partial charge < -0.3 is 23.6 Å². The normalized spacial score (nSPS) is 14.0. The zero-order chi connectivity index (χ0) is 29.3. The van der Waals surface area contributed by atoms with E-state index in [4.69, 9.17) is 0 Å². The van der Waals surface area contributed by atoms with Crippen molar-refractivity contribution < 1.29 is 82.0 Å². The van der Waals surface area contributed by atoms with Crippen molar-refractivity contribution in [3.8, 4) is 0 Å². The number of carbonyl (C=O) groups excluding carboxylic acids is 1. The van der Waals surface area contributed by atoms with Gasteiger partial charge in [0.15, 0.2) is 0 Å². The van der Waals surface area contributed by atoms with Crippen LogP contribution in [0.15, 0.2) is 81.8 Å². The fourth-order valence-electron chi connectivity index (χ4n) is 4.53. The summed E-state index contributed by atoms with van der Waals surface area (Å²) in [6.07, 6.45) is 3.72. The predicted octanol–water partition coefficient (Wildman–Crippen LogP) is -2.47. The third-order valence-corrected chi connectivity index (χ3v) is 9.78. The minimum atomic E-state index is -4.56. The Bertz CT molecular complexity index is 1990. The van der Waals surface area contributed by atoms with E-state index in [0.29, 0.717) is 20.8 Å². The van der Waals surface area contributed by atoms with Gasteiger partial charge in [0.25, 0.3) is 0 Å². The largest absolute Gasteiger partial charge is 1.00 e. The SMILES string of the molecule is C[CH]C([CH]C(C)C(=O)[O-])c1ccc(Cn2c(=NN=c3sc4cc(S(=O)(=O)[O-])ccc4n3C)sc3ccccc32)cc1.[Na+].[Na+]. The fraction of sp³-hybridized carbons (Fsp3) is 0.207. The van der Waals surface area contributed by atoms with E-state index >= 15 is 0 Å². The number of nitrogens with zero attached hydrogens (tertiary/aromatic N) is 4. The molecule has 0 aliphatic rings. The molecule has 3 aromatic carbocycles. The van der Waals surface area contributed by atoms with Gasteiger partial charge >= 0.3 is 59.1 Å². The van der Waals surface area contributed by atoms with E-state index in [1.54, 1.807) is 24.0 Å². The number of aliphatic carboxylic acids is 1. The van der Waals surface area contributed by atoms with E-state index in [9.17, 15) is 22.9 Å². The van der Waals surface area contributed by atoms with E-state index in [1.165, 1.54) is 34.8 Å². The van der Waals surface area contributed by atoms with Crippen molar-refractivity contribution in [3.63, 3.8) is 0 Å². The summed E-state index contributed by atoms with van der Waals surface area (Å²) in [4.78, 5) is 12.2. The number of rotatable bonds is 9. The number of benzene rings is 3. The van der Waals surface area contributed by atoms with Crippen LogP contribution in [0.25, 0.3) is 20.4 Å². The molecule has 0 N–H and O–H groups in total. The standard InChI is InChI=1S/C29H28N4O5S3.2Na/c1-4-20(15-18(2)27(34)35)21-11-9-19(10-12-21)17-33-24-7-5-6-8-25(24)39-29(33)31-30-28-32(3)23-14-13-22(41(36,37)38)16-26(23)40-28;;/h4-16,18,20H,17H2,1-3H3,(H,34,35)(H,36,37,38);;/q;2*+1/p-2. The average Bonchev–Trinajstić information content (AvgIpc) is 3.46. The van der Waals surface area contributed by atoms with Crippen molar-refractivity contribution in [2.75, 3.05) is 0 Å². The van der Waals surface area contributed by atoms with Gasteiger partial charge in [0.05, 0.1) is 31.9 Å². The summed E-state index contributed by atoms with van der Waals surface area (Å²) in [7, 11) is -2.75. The first-order valence-corrected chi connectivity index (χ1v) is 15.7. The Balaban J connectivity index is 0.00000253. The van der Waals surface area contributed by atoms with Gasteiger partial charge in [0.2, 0.25) is 9.60 Å². The first kappa shape index (κ1) is 35.9. The smallest absolute Gasteiger partial charge is 0.744 e. The Morgan fingerprint density at radius 1 is 0.953 bits per heavy atom. The second kappa shape index (κ2) is 15.1. The minimum Gasteiger partial charge on any atom is -0.744 e. The van der Waals surface area contributed by atoms with E-state index in [2.05, 4.69) is 14.8 Å². The summed E-state index contributed by atoms with van der Waals surface area (Å²) >= 11 is 2.76. The number of thiazole rings is 2. The van der Waals surface area contributed by atoms with Gasteiger partial charge in [0, 0.05) is 13.0 Å². The molecule has 9 nitrogen and oxygen atoms in total. The van der Waals surface area contributed by atoms with Crippen LogP contribution in [0.5, 0.6) is 0 Å². The number of para-hydroxylation sites is 1. The Labute approximate surface area is 302 Å². The topological polar surface area (TPSA) is 132 Å². The van der Waals surface area contributed by atoms with Crippen LogP contribution in [-0.4, -0.2) is 28.1 Å². The molecule has 2 atom stereocenters. The van der Waals surface area contributed by atoms with Crippen molar-refractivity contribution >= 4 is 59.2 Å². The second-order valence-corrected chi connectivity index (χ2v) is 13.0. The minimum absolute atomic E-state index is 0. The van der Waals surface area contributed by atoms with Crippen molar-refractivity contribution in [1.82, 2.24) is 9.13 Å². The molecule has 2 unspecified atom stereocenters. The monoisotopic (exact) mass is 652 g/mol. The summed E-state index contributed by atoms with van der Waals surface area (Å²) in [6, 6.07) is 20.3. The van der Waals surface area contributed by atoms with E-state index in [0.717, 1.165) is 26.9 Å². The Morgan fingerprint density at radius 3 is 2.26 bits per heavy atom. The molecule has 0 bridgehead atoms. The summed E-state index contributed by atoms with van der Waals surface area (Å²) in [5.41, 5.74) is 3.79. The van der Waals surface area contributed by atoms with Crippen LogP contribution in [0.1, 0.15) is 30.9 Å². The molecule has 2 heterocycles. The maximum absolute atomic E-state index is 11.5. The van der Waals surface area contributed by atoms with Crippen LogP contribution in [0, 0.1) is 18.8 Å². The van der Waals surface area contributed by atoms with Crippen molar-refractivity contribution in [1.29, 1.82) is 0 Å². The zero-order valence-corrected chi connectivity index (χ0v) is 30.9. The van der Waals surface area contributed by atoms with Crippen molar-refractivity contribution in [3.05, 3.63) is 100 Å². The zero-order valence-electron chi connectivity index (χ0n) is 24.4. The summed E-state index contributed by atoms with van der Waals surface area (Å²) in [5.74, 6) is -1.87. The molecule has 212 valence electrons. The van der Waals surface area contributed by atoms with Crippen LogP contribution >= 0.6 is 22.7 Å². The molecule has 0 saturated carbocycles. The molecular weight excluding hydrogens is 627 g/mol. The maximum Gasteiger partial charge on any atom is 1.00 e. The van der Waals surface area contributed by atoms with Gasteiger partial charge in [-0.3, -0.25) is 0 Å². The summed E-state index contributed by atoms with van der Waals surface area (Å²) in [6.45, 7) is 4.06. The van der Waals surface area contributed by atoms with Gasteiger partial charge in [-0.2, -0.15) is 0 Å². The summed E-state index contributed by atoms with van der Waals surface area (Å²) in [5, 5.41) is 20.3. The molecular formula is C29H26N4Na2O5S3. The second-order valence-electron chi connectivity index (χ2n) is 9.57. The molecule has 14 heteroatoms. The Kier molecular flexibility index (Phi) is 12.6. The third-order valence-electron chi connectivity index (χ3n) is 6.81. The van der Waals surface area contributed by atoms with Crippen molar-refractivity contribution in [2.24, 2.45) is 23.2 Å². The van der Waals surface area contributed by atoms with E-state index < -0.39 is 22.0 Å². The molecule has 5 rings (SSSR count). The van der Waals surface area contributed by atoms with Crippen LogP contribution in [0.3, 0.4) is 0 Å². The number of aryl methyl sites for hydroxylation is 1. The van der Waals surface area contributed by atoms with Crippen molar-refractivity contribution in [2.45, 2.75) is 31.2 Å². The number of carboxylic acids is 1. The molecule has 0 aliphatic carbocycles. The first-order chi connectivity index (χ1) is 19.5. The third kappa shape index (κ3) is 8.18. The average molecular weight is 653 g/mol. The Hall–Kier alpha value is -1.58. The number of aromatic nitrogens is 2. The molecule has 5 aromatic rings. The van der Waals surface area contributed by atoms with Crippen LogP contribution < -0.4 is 73.8 Å². The number of carboxylic acid groups (broad SMARTS) is 1.